The molecule has 2 rings (SSSR count). The average molecular weight is 197 g/mol. The summed E-state index contributed by atoms with van der Waals surface area (Å²) in [6.45, 7) is 0.765. The van der Waals surface area contributed by atoms with Crippen LogP contribution in [0.15, 0.2) is 18.2 Å². The Morgan fingerprint density at radius 3 is 2.77 bits per heavy atom. The van der Waals surface area contributed by atoms with E-state index in [2.05, 4.69) is 4.98 Å². The highest BCUT2D eigenvalue weighted by Gasteiger charge is 2.41. The van der Waals surface area contributed by atoms with E-state index in [1.165, 1.54) is 12.8 Å². The number of hydrogen-bond acceptors (Lipinski definition) is 2. The normalized spacial score (nSPS) is 18.6. The van der Waals surface area contributed by atoms with Crippen molar-refractivity contribution in [1.82, 2.24) is 4.98 Å². The van der Waals surface area contributed by atoms with Crippen LogP contribution < -0.4 is 5.73 Å². The van der Waals surface area contributed by atoms with Gasteiger partial charge < -0.3 is 5.73 Å². The second-order valence-corrected chi connectivity index (χ2v) is 4.22. The highest BCUT2D eigenvalue weighted by Crippen LogP contribution is 2.46. The fourth-order valence-corrected chi connectivity index (χ4v) is 1.74. The molecule has 0 radical (unpaired) electrons. The minimum Gasteiger partial charge on any atom is -0.330 e. The third-order valence-corrected chi connectivity index (χ3v) is 2.93. The Bertz CT molecular complexity index is 308. The topological polar surface area (TPSA) is 38.9 Å². The molecule has 1 fully saturated rings. The molecule has 2 nitrogen and oxygen atoms in total. The first kappa shape index (κ1) is 8.97. The van der Waals surface area contributed by atoms with Gasteiger partial charge in [-0.25, -0.2) is 4.98 Å². The molecule has 1 aliphatic carbocycles. The third-order valence-electron chi connectivity index (χ3n) is 2.72. The van der Waals surface area contributed by atoms with Gasteiger partial charge in [0.1, 0.15) is 5.15 Å². The highest BCUT2D eigenvalue weighted by atomic mass is 35.5. The summed E-state index contributed by atoms with van der Waals surface area (Å²) in [6, 6.07) is 5.76. The Labute approximate surface area is 83.1 Å². The van der Waals surface area contributed by atoms with Gasteiger partial charge in [-0.2, -0.15) is 0 Å². The van der Waals surface area contributed by atoms with Crippen molar-refractivity contribution in [2.75, 3.05) is 6.54 Å². The van der Waals surface area contributed by atoms with Crippen molar-refractivity contribution in [2.45, 2.75) is 19.3 Å². The predicted octanol–water partition coefficient (Wildman–Crippen LogP) is 2.02. The number of pyridine rings is 1. The molecule has 70 valence electrons. The summed E-state index contributed by atoms with van der Waals surface area (Å²) in [5, 5.41) is 0.574. The van der Waals surface area contributed by atoms with E-state index in [1.807, 2.05) is 12.1 Å². The zero-order valence-electron chi connectivity index (χ0n) is 7.46. The first-order chi connectivity index (χ1) is 6.24. The molecule has 0 atom stereocenters. The fourth-order valence-electron chi connectivity index (χ4n) is 1.56. The lowest BCUT2D eigenvalue weighted by atomic mass is 10.0. The van der Waals surface area contributed by atoms with Crippen LogP contribution in [-0.4, -0.2) is 11.5 Å². The second kappa shape index (κ2) is 3.28. The summed E-state index contributed by atoms with van der Waals surface area (Å²) >= 11 is 5.79. The quantitative estimate of drug-likeness (QED) is 0.752. The van der Waals surface area contributed by atoms with Crippen molar-refractivity contribution in [3.63, 3.8) is 0 Å². The monoisotopic (exact) mass is 196 g/mol. The minimum atomic E-state index is 0.345. The molecule has 1 aromatic rings. The van der Waals surface area contributed by atoms with Gasteiger partial charge in [0.05, 0.1) is 0 Å². The Balaban J connectivity index is 2.09. The summed E-state index contributed by atoms with van der Waals surface area (Å²) in [4.78, 5) is 4.26. The molecule has 0 bridgehead atoms. The molecule has 0 aliphatic heterocycles. The molecule has 0 unspecified atom stereocenters. The van der Waals surface area contributed by atoms with E-state index in [0.717, 1.165) is 18.7 Å². The Morgan fingerprint density at radius 2 is 2.23 bits per heavy atom. The van der Waals surface area contributed by atoms with E-state index in [9.17, 15) is 0 Å². The zero-order valence-corrected chi connectivity index (χ0v) is 8.22. The first-order valence-corrected chi connectivity index (χ1v) is 4.93. The lowest BCUT2D eigenvalue weighted by Gasteiger charge is -2.10. The van der Waals surface area contributed by atoms with Crippen LogP contribution in [-0.2, 0) is 6.42 Å². The van der Waals surface area contributed by atoms with Crippen molar-refractivity contribution in [2.24, 2.45) is 11.1 Å². The maximum absolute atomic E-state index is 5.79. The largest absolute Gasteiger partial charge is 0.330 e. The van der Waals surface area contributed by atoms with Crippen LogP contribution in [0.3, 0.4) is 0 Å². The third kappa shape index (κ3) is 2.01. The van der Waals surface area contributed by atoms with Gasteiger partial charge in [-0.15, -0.1) is 0 Å². The van der Waals surface area contributed by atoms with Crippen LogP contribution in [0.4, 0.5) is 0 Å². The van der Waals surface area contributed by atoms with Gasteiger partial charge in [-0.05, 0) is 43.4 Å². The molecule has 1 saturated carbocycles. The Kier molecular flexibility index (Phi) is 2.26. The molecule has 0 aromatic carbocycles. The number of nitrogens with two attached hydrogens (primary N) is 1. The van der Waals surface area contributed by atoms with Crippen LogP contribution >= 0.6 is 11.6 Å². The standard InChI is InChI=1S/C10H13ClN2/c11-9-3-1-2-8(13-9)6-10(7-12)4-5-10/h1-3H,4-7,12H2. The summed E-state index contributed by atoms with van der Waals surface area (Å²) in [7, 11) is 0. The summed E-state index contributed by atoms with van der Waals surface area (Å²) in [5.41, 5.74) is 7.10. The van der Waals surface area contributed by atoms with Crippen LogP contribution in [0, 0.1) is 5.41 Å². The van der Waals surface area contributed by atoms with Gasteiger partial charge in [0, 0.05) is 5.69 Å². The van der Waals surface area contributed by atoms with Gasteiger partial charge in [-0.1, -0.05) is 17.7 Å². The number of hydrogen-bond donors (Lipinski definition) is 1. The highest BCUT2D eigenvalue weighted by molar-refractivity contribution is 6.29. The predicted molar refractivity (Wildman–Crippen MR) is 53.7 cm³/mol. The molecule has 1 aromatic heterocycles. The van der Waals surface area contributed by atoms with E-state index in [4.69, 9.17) is 17.3 Å². The van der Waals surface area contributed by atoms with Crippen molar-refractivity contribution < 1.29 is 0 Å². The van der Waals surface area contributed by atoms with E-state index in [1.54, 1.807) is 6.07 Å². The summed E-state index contributed by atoms with van der Waals surface area (Å²) in [6.07, 6.45) is 3.44. The molecule has 0 saturated heterocycles. The SMILES string of the molecule is NCC1(Cc2cccc(Cl)n2)CC1. The minimum absolute atomic E-state index is 0.345. The van der Waals surface area contributed by atoms with E-state index < -0.39 is 0 Å². The molecule has 1 heterocycles. The van der Waals surface area contributed by atoms with Crippen molar-refractivity contribution in [3.8, 4) is 0 Å². The van der Waals surface area contributed by atoms with Crippen molar-refractivity contribution >= 4 is 11.6 Å². The van der Waals surface area contributed by atoms with Crippen molar-refractivity contribution in [1.29, 1.82) is 0 Å². The Morgan fingerprint density at radius 1 is 1.46 bits per heavy atom. The number of halogens is 1. The summed E-state index contributed by atoms with van der Waals surface area (Å²) < 4.78 is 0. The molecule has 2 N–H and O–H groups in total. The molecular formula is C10H13ClN2. The van der Waals surface area contributed by atoms with Gasteiger partial charge in [0.2, 0.25) is 0 Å². The van der Waals surface area contributed by atoms with E-state index >= 15 is 0 Å². The van der Waals surface area contributed by atoms with Gasteiger partial charge >= 0.3 is 0 Å². The van der Waals surface area contributed by atoms with Gasteiger partial charge in [-0.3, -0.25) is 0 Å². The maximum Gasteiger partial charge on any atom is 0.129 e. The molecule has 13 heavy (non-hydrogen) atoms. The molecule has 1 aliphatic rings. The van der Waals surface area contributed by atoms with E-state index in [0.29, 0.717) is 10.6 Å². The summed E-state index contributed by atoms with van der Waals surface area (Å²) in [5.74, 6) is 0. The smallest absolute Gasteiger partial charge is 0.129 e. The van der Waals surface area contributed by atoms with Crippen LogP contribution in [0.1, 0.15) is 18.5 Å². The maximum atomic E-state index is 5.79. The van der Waals surface area contributed by atoms with E-state index in [-0.39, 0.29) is 0 Å². The van der Waals surface area contributed by atoms with Crippen molar-refractivity contribution in [3.05, 3.63) is 29.0 Å². The molecule has 0 spiro atoms. The molecular weight excluding hydrogens is 184 g/mol. The average Bonchev–Trinajstić information content (AvgIpc) is 2.86. The van der Waals surface area contributed by atoms with Crippen LogP contribution in [0.25, 0.3) is 0 Å². The number of rotatable bonds is 3. The number of nitrogens with zero attached hydrogens (tertiary/aromatic N) is 1. The molecule has 0 amide bonds. The zero-order chi connectivity index (χ0) is 9.31. The van der Waals surface area contributed by atoms with Crippen LogP contribution in [0.2, 0.25) is 5.15 Å². The number of aromatic nitrogens is 1. The lowest BCUT2D eigenvalue weighted by molar-refractivity contribution is 0.514. The van der Waals surface area contributed by atoms with Gasteiger partial charge in [0.15, 0.2) is 0 Å². The Hall–Kier alpha value is -0.600. The fraction of sp³-hybridized carbons (Fsp3) is 0.500. The first-order valence-electron chi connectivity index (χ1n) is 4.56. The second-order valence-electron chi connectivity index (χ2n) is 3.83. The van der Waals surface area contributed by atoms with Crippen LogP contribution in [0.5, 0.6) is 0 Å². The van der Waals surface area contributed by atoms with Gasteiger partial charge in [0.25, 0.3) is 0 Å². The lowest BCUT2D eigenvalue weighted by Crippen LogP contribution is -2.18. The molecule has 3 heteroatoms.